The highest BCUT2D eigenvalue weighted by Crippen LogP contribution is 2.34. The SMILES string of the molecule is CC[C@H]1CN(C(C)c2ccc3nccnc3c2)[C@H](CC)CN1c1cc(=O)n(C)c2cn[nH]c12. The summed E-state index contributed by atoms with van der Waals surface area (Å²) in [7, 11) is 1.80. The largest absolute Gasteiger partial charge is 0.364 e. The molecule has 0 radical (unpaired) electrons. The molecule has 172 valence electrons. The lowest BCUT2D eigenvalue weighted by Crippen LogP contribution is -2.58. The van der Waals surface area contributed by atoms with E-state index in [2.05, 4.69) is 68.9 Å². The van der Waals surface area contributed by atoms with E-state index >= 15 is 0 Å². The highest BCUT2D eigenvalue weighted by atomic mass is 16.1. The number of nitrogens with zero attached hydrogens (tertiary/aromatic N) is 6. The van der Waals surface area contributed by atoms with Crippen LogP contribution in [0.25, 0.3) is 22.1 Å². The standard InChI is InChI=1S/C25H31N7O/c1-5-18-15-32(22-12-24(33)30(4)23-13-28-29-25(22)23)19(6-2)14-31(18)16(3)17-7-8-20-21(11-17)27-10-9-26-20/h7-13,16,18-19H,5-6,14-15H2,1-4H3,(H,28,29)/t16?,18-,19+/m1/s1. The number of benzene rings is 1. The van der Waals surface area contributed by atoms with E-state index in [1.807, 2.05) is 0 Å². The zero-order valence-corrected chi connectivity index (χ0v) is 19.7. The molecule has 8 nitrogen and oxygen atoms in total. The number of anilines is 1. The molecule has 1 unspecified atom stereocenters. The summed E-state index contributed by atoms with van der Waals surface area (Å²) in [5.41, 5.74) is 5.84. The van der Waals surface area contributed by atoms with Crippen LogP contribution in [0.3, 0.4) is 0 Å². The average molecular weight is 446 g/mol. The van der Waals surface area contributed by atoms with Crippen molar-refractivity contribution in [2.75, 3.05) is 18.0 Å². The zero-order valence-electron chi connectivity index (χ0n) is 19.7. The van der Waals surface area contributed by atoms with Gasteiger partial charge < -0.3 is 9.47 Å². The molecule has 1 aliphatic heterocycles. The minimum absolute atomic E-state index is 0.00475. The number of hydrogen-bond donors (Lipinski definition) is 1. The molecule has 0 saturated carbocycles. The molecule has 8 heteroatoms. The van der Waals surface area contributed by atoms with Gasteiger partial charge >= 0.3 is 0 Å². The minimum Gasteiger partial charge on any atom is -0.364 e. The van der Waals surface area contributed by atoms with E-state index in [4.69, 9.17) is 0 Å². The number of pyridine rings is 1. The van der Waals surface area contributed by atoms with Crippen LogP contribution in [0.15, 0.2) is 47.7 Å². The van der Waals surface area contributed by atoms with Crippen molar-refractivity contribution in [3.05, 3.63) is 58.8 Å². The van der Waals surface area contributed by atoms with Crippen molar-refractivity contribution in [2.45, 2.75) is 51.7 Å². The summed E-state index contributed by atoms with van der Waals surface area (Å²) >= 11 is 0. The molecule has 33 heavy (non-hydrogen) atoms. The molecule has 0 spiro atoms. The first-order valence-corrected chi connectivity index (χ1v) is 11.8. The van der Waals surface area contributed by atoms with Gasteiger partial charge in [-0.1, -0.05) is 19.9 Å². The molecule has 0 amide bonds. The van der Waals surface area contributed by atoms with Crippen LogP contribution in [0, 0.1) is 0 Å². The Kier molecular flexibility index (Phi) is 5.62. The fraction of sp³-hybridized carbons (Fsp3) is 0.440. The van der Waals surface area contributed by atoms with Crippen molar-refractivity contribution in [3.8, 4) is 0 Å². The molecule has 3 aromatic heterocycles. The topological polar surface area (TPSA) is 82.9 Å². The van der Waals surface area contributed by atoms with Gasteiger partial charge in [-0.25, -0.2) is 0 Å². The first-order chi connectivity index (χ1) is 16.0. The van der Waals surface area contributed by atoms with Gasteiger partial charge in [0.15, 0.2) is 0 Å². The van der Waals surface area contributed by atoms with Crippen molar-refractivity contribution in [2.24, 2.45) is 7.05 Å². The molecule has 1 aromatic carbocycles. The monoisotopic (exact) mass is 445 g/mol. The van der Waals surface area contributed by atoms with Crippen molar-refractivity contribution >= 4 is 27.8 Å². The molecule has 0 aliphatic carbocycles. The molecule has 1 fully saturated rings. The molecule has 1 N–H and O–H groups in total. The summed E-state index contributed by atoms with van der Waals surface area (Å²) in [6, 6.07) is 9.10. The van der Waals surface area contributed by atoms with E-state index in [1.54, 1.807) is 36.3 Å². The van der Waals surface area contributed by atoms with Gasteiger partial charge in [0.1, 0.15) is 5.52 Å². The van der Waals surface area contributed by atoms with Gasteiger partial charge in [-0.2, -0.15) is 5.10 Å². The highest BCUT2D eigenvalue weighted by molar-refractivity contribution is 5.88. The molecule has 4 aromatic rings. The van der Waals surface area contributed by atoms with Crippen LogP contribution in [0.2, 0.25) is 0 Å². The molecular weight excluding hydrogens is 414 g/mol. The Hall–Kier alpha value is -3.26. The van der Waals surface area contributed by atoms with Gasteiger partial charge in [0.25, 0.3) is 5.56 Å². The van der Waals surface area contributed by atoms with Crippen molar-refractivity contribution < 1.29 is 0 Å². The fourth-order valence-corrected chi connectivity index (χ4v) is 5.24. The van der Waals surface area contributed by atoms with E-state index in [9.17, 15) is 4.79 Å². The summed E-state index contributed by atoms with van der Waals surface area (Å²) in [5, 5.41) is 7.35. The maximum absolute atomic E-state index is 12.7. The number of aryl methyl sites for hydroxylation is 1. The Balaban J connectivity index is 1.49. The number of rotatable bonds is 5. The predicted octanol–water partition coefficient (Wildman–Crippen LogP) is 3.65. The van der Waals surface area contributed by atoms with Crippen molar-refractivity contribution in [3.63, 3.8) is 0 Å². The minimum atomic E-state index is -0.00475. The van der Waals surface area contributed by atoms with Crippen molar-refractivity contribution in [1.29, 1.82) is 0 Å². The summed E-state index contributed by atoms with van der Waals surface area (Å²) in [4.78, 5) is 26.6. The van der Waals surface area contributed by atoms with Gasteiger partial charge in [-0.3, -0.25) is 24.8 Å². The number of aromatic amines is 1. The second-order valence-electron chi connectivity index (χ2n) is 9.01. The molecule has 0 bridgehead atoms. The average Bonchev–Trinajstić information content (AvgIpc) is 3.35. The van der Waals surface area contributed by atoms with Crippen molar-refractivity contribution in [1.82, 2.24) is 29.6 Å². The second-order valence-corrected chi connectivity index (χ2v) is 9.01. The molecule has 1 aliphatic rings. The first-order valence-electron chi connectivity index (χ1n) is 11.8. The third kappa shape index (κ3) is 3.68. The van der Waals surface area contributed by atoms with Crippen LogP contribution in [0.4, 0.5) is 5.69 Å². The van der Waals surface area contributed by atoms with Gasteiger partial charge in [0, 0.05) is 56.7 Å². The summed E-state index contributed by atoms with van der Waals surface area (Å²) in [6.07, 6.45) is 7.24. The number of fused-ring (bicyclic) bond motifs is 2. The molecule has 4 heterocycles. The molecule has 1 saturated heterocycles. The number of nitrogens with one attached hydrogen (secondary N) is 1. The van der Waals surface area contributed by atoms with E-state index in [1.165, 1.54) is 5.56 Å². The van der Waals surface area contributed by atoms with Crippen LogP contribution >= 0.6 is 0 Å². The molecule has 3 atom stereocenters. The lowest BCUT2D eigenvalue weighted by Gasteiger charge is -2.49. The van der Waals surface area contributed by atoms with E-state index in [-0.39, 0.29) is 11.6 Å². The smallest absolute Gasteiger partial charge is 0.252 e. The third-order valence-corrected chi connectivity index (χ3v) is 7.29. The Labute approximate surface area is 193 Å². The fourth-order valence-electron chi connectivity index (χ4n) is 5.24. The quantitative estimate of drug-likeness (QED) is 0.505. The van der Waals surface area contributed by atoms with E-state index in [0.29, 0.717) is 12.1 Å². The zero-order chi connectivity index (χ0) is 23.1. The van der Waals surface area contributed by atoms with Crippen LogP contribution in [0.1, 0.15) is 45.2 Å². The maximum atomic E-state index is 12.7. The predicted molar refractivity (Wildman–Crippen MR) is 131 cm³/mol. The Morgan fingerprint density at radius 1 is 1.06 bits per heavy atom. The number of H-pyrrole nitrogens is 1. The number of aromatic nitrogens is 5. The Bertz CT molecular complexity index is 1340. The first kappa shape index (κ1) is 21.6. The van der Waals surface area contributed by atoms with Crippen LogP contribution < -0.4 is 10.5 Å². The van der Waals surface area contributed by atoms with E-state index < -0.39 is 0 Å². The van der Waals surface area contributed by atoms with Gasteiger partial charge in [-0.05, 0) is 37.5 Å². The molecular formula is C25H31N7O. The van der Waals surface area contributed by atoms with Crippen LogP contribution in [-0.2, 0) is 7.05 Å². The lowest BCUT2D eigenvalue weighted by molar-refractivity contribution is 0.101. The third-order valence-electron chi connectivity index (χ3n) is 7.29. The van der Waals surface area contributed by atoms with Gasteiger partial charge in [0.05, 0.1) is 28.4 Å². The Morgan fingerprint density at radius 3 is 2.58 bits per heavy atom. The maximum Gasteiger partial charge on any atom is 0.252 e. The highest BCUT2D eigenvalue weighted by Gasteiger charge is 2.36. The normalized spacial score (nSPS) is 20.5. The Morgan fingerprint density at radius 2 is 1.82 bits per heavy atom. The van der Waals surface area contributed by atoms with Crippen LogP contribution in [0.5, 0.6) is 0 Å². The summed E-state index contributed by atoms with van der Waals surface area (Å²) < 4.78 is 1.65. The number of hydrogen-bond acceptors (Lipinski definition) is 6. The van der Waals surface area contributed by atoms with Gasteiger partial charge in [0.2, 0.25) is 0 Å². The molecule has 5 rings (SSSR count). The summed E-state index contributed by atoms with van der Waals surface area (Å²) in [5.74, 6) is 0. The van der Waals surface area contributed by atoms with E-state index in [0.717, 1.165) is 53.7 Å². The van der Waals surface area contributed by atoms with Gasteiger partial charge in [-0.15, -0.1) is 0 Å². The second kappa shape index (κ2) is 8.59. The number of piperazine rings is 1. The lowest BCUT2D eigenvalue weighted by atomic mass is 9.96. The summed E-state index contributed by atoms with van der Waals surface area (Å²) in [6.45, 7) is 8.56. The van der Waals surface area contributed by atoms with Crippen LogP contribution in [-0.4, -0.2) is 54.8 Å².